The molecule has 1 aromatic rings. The Morgan fingerprint density at radius 2 is 1.95 bits per heavy atom. The summed E-state index contributed by atoms with van der Waals surface area (Å²) in [5.41, 5.74) is 0. The molecule has 1 aromatic carbocycles. The van der Waals surface area contributed by atoms with Crippen molar-refractivity contribution in [3.63, 3.8) is 0 Å². The Hall–Kier alpha value is -1.26. The van der Waals surface area contributed by atoms with Gasteiger partial charge in [-0.1, -0.05) is 6.42 Å². The minimum absolute atomic E-state index is 0.320. The van der Waals surface area contributed by atoms with Gasteiger partial charge in [-0.3, -0.25) is 0 Å². The molecule has 4 nitrogen and oxygen atoms in total. The van der Waals surface area contributed by atoms with E-state index in [1.165, 1.54) is 25.7 Å². The lowest BCUT2D eigenvalue weighted by Crippen LogP contribution is -2.40. The van der Waals surface area contributed by atoms with Gasteiger partial charge in [-0.2, -0.15) is 0 Å². The molecule has 3 rings (SSSR count). The Balaban J connectivity index is 1.37. The van der Waals surface area contributed by atoms with Crippen LogP contribution in [0.4, 0.5) is 0 Å². The van der Waals surface area contributed by atoms with Crippen LogP contribution in [-0.4, -0.2) is 37.5 Å². The highest BCUT2D eigenvalue weighted by molar-refractivity contribution is 5.31. The average Bonchev–Trinajstić information content (AvgIpc) is 3.14. The van der Waals surface area contributed by atoms with E-state index in [0.29, 0.717) is 19.2 Å². The molecule has 2 N–H and O–H groups in total. The van der Waals surface area contributed by atoms with Gasteiger partial charge in [0, 0.05) is 12.6 Å². The van der Waals surface area contributed by atoms with Gasteiger partial charge >= 0.3 is 0 Å². The fourth-order valence-electron chi connectivity index (χ4n) is 3.71. The highest BCUT2D eigenvalue weighted by Gasteiger charge is 2.39. The van der Waals surface area contributed by atoms with Crippen LogP contribution in [0.1, 0.15) is 25.7 Å². The van der Waals surface area contributed by atoms with Crippen LogP contribution in [0.25, 0.3) is 0 Å². The van der Waals surface area contributed by atoms with Gasteiger partial charge in [0.25, 0.3) is 0 Å². The van der Waals surface area contributed by atoms with Gasteiger partial charge in [-0.05, 0) is 55.4 Å². The molecule has 0 spiro atoms. The summed E-state index contributed by atoms with van der Waals surface area (Å²) in [6, 6.07) is 8.04. The molecule has 0 saturated heterocycles. The molecule has 2 bridgehead atoms. The molecule has 4 atom stereocenters. The summed E-state index contributed by atoms with van der Waals surface area (Å²) in [7, 11) is 1.64. The lowest BCUT2D eigenvalue weighted by molar-refractivity contribution is 0.101. The Bertz CT molecular complexity index is 448. The third-order valence-electron chi connectivity index (χ3n) is 4.86. The van der Waals surface area contributed by atoms with Gasteiger partial charge < -0.3 is 19.9 Å². The molecule has 0 radical (unpaired) electrons. The Morgan fingerprint density at radius 3 is 2.57 bits per heavy atom. The summed E-state index contributed by atoms with van der Waals surface area (Å²) in [5.74, 6) is 3.33. The van der Waals surface area contributed by atoms with Crippen LogP contribution in [0.2, 0.25) is 0 Å². The van der Waals surface area contributed by atoms with Gasteiger partial charge in [-0.25, -0.2) is 0 Å². The van der Waals surface area contributed by atoms with Crippen molar-refractivity contribution in [1.29, 1.82) is 0 Å². The van der Waals surface area contributed by atoms with Gasteiger partial charge in [0.05, 0.1) is 7.11 Å². The summed E-state index contributed by atoms with van der Waals surface area (Å²) in [5, 5.41) is 13.5. The van der Waals surface area contributed by atoms with Crippen molar-refractivity contribution in [2.75, 3.05) is 20.3 Å². The van der Waals surface area contributed by atoms with Crippen molar-refractivity contribution in [2.24, 2.45) is 11.8 Å². The first-order chi connectivity index (χ1) is 10.2. The fourth-order valence-corrected chi connectivity index (χ4v) is 3.71. The summed E-state index contributed by atoms with van der Waals surface area (Å²) in [6.07, 6.45) is 4.98. The van der Waals surface area contributed by atoms with Crippen LogP contribution in [0.5, 0.6) is 11.5 Å². The van der Waals surface area contributed by atoms with Gasteiger partial charge in [0.2, 0.25) is 0 Å². The number of rotatable bonds is 7. The van der Waals surface area contributed by atoms with Crippen molar-refractivity contribution >= 4 is 0 Å². The van der Waals surface area contributed by atoms with Crippen LogP contribution in [-0.2, 0) is 0 Å². The van der Waals surface area contributed by atoms with E-state index in [4.69, 9.17) is 9.47 Å². The second-order valence-electron chi connectivity index (χ2n) is 6.33. The first-order valence-corrected chi connectivity index (χ1v) is 7.93. The zero-order valence-corrected chi connectivity index (χ0v) is 12.6. The third-order valence-corrected chi connectivity index (χ3v) is 4.86. The quantitative estimate of drug-likeness (QED) is 0.809. The summed E-state index contributed by atoms with van der Waals surface area (Å²) in [4.78, 5) is 0. The van der Waals surface area contributed by atoms with Crippen LogP contribution in [0.3, 0.4) is 0 Å². The Morgan fingerprint density at radius 1 is 1.19 bits per heavy atom. The smallest absolute Gasteiger partial charge is 0.119 e. The maximum atomic E-state index is 10.0. The number of ether oxygens (including phenoxy) is 2. The first kappa shape index (κ1) is 14.7. The lowest BCUT2D eigenvalue weighted by atomic mass is 9.95. The fraction of sp³-hybridized carbons (Fsp3) is 0.647. The predicted octanol–water partition coefficient (Wildman–Crippen LogP) is 2.21. The summed E-state index contributed by atoms with van der Waals surface area (Å²) in [6.45, 7) is 0.935. The van der Waals surface area contributed by atoms with Crippen LogP contribution < -0.4 is 14.8 Å². The number of methoxy groups -OCH3 is 1. The molecular formula is C17H25NO3. The topological polar surface area (TPSA) is 50.7 Å². The maximum Gasteiger partial charge on any atom is 0.119 e. The second-order valence-corrected chi connectivity index (χ2v) is 6.33. The number of hydrogen-bond donors (Lipinski definition) is 2. The molecule has 116 valence electrons. The van der Waals surface area contributed by atoms with Gasteiger partial charge in [-0.15, -0.1) is 0 Å². The van der Waals surface area contributed by atoms with E-state index in [1.807, 2.05) is 24.3 Å². The van der Waals surface area contributed by atoms with Crippen molar-refractivity contribution in [1.82, 2.24) is 5.32 Å². The largest absolute Gasteiger partial charge is 0.497 e. The molecule has 0 aliphatic heterocycles. The molecule has 4 unspecified atom stereocenters. The molecule has 21 heavy (non-hydrogen) atoms. The molecule has 0 aromatic heterocycles. The molecule has 0 heterocycles. The van der Waals surface area contributed by atoms with Gasteiger partial charge in [0.1, 0.15) is 24.2 Å². The van der Waals surface area contributed by atoms with Crippen LogP contribution >= 0.6 is 0 Å². The zero-order chi connectivity index (χ0) is 14.7. The van der Waals surface area contributed by atoms with E-state index in [-0.39, 0.29) is 0 Å². The number of hydrogen-bond acceptors (Lipinski definition) is 4. The van der Waals surface area contributed by atoms with E-state index in [0.717, 1.165) is 23.3 Å². The normalized spacial score (nSPS) is 28.6. The number of aliphatic hydroxyl groups is 1. The maximum absolute atomic E-state index is 10.0. The minimum Gasteiger partial charge on any atom is -0.497 e. The van der Waals surface area contributed by atoms with Crippen molar-refractivity contribution < 1.29 is 14.6 Å². The van der Waals surface area contributed by atoms with E-state index in [2.05, 4.69) is 5.32 Å². The highest BCUT2D eigenvalue weighted by atomic mass is 16.5. The van der Waals surface area contributed by atoms with Crippen molar-refractivity contribution in [3.05, 3.63) is 24.3 Å². The predicted molar refractivity (Wildman–Crippen MR) is 81.7 cm³/mol. The average molecular weight is 291 g/mol. The van der Waals surface area contributed by atoms with E-state index < -0.39 is 6.10 Å². The monoisotopic (exact) mass is 291 g/mol. The first-order valence-electron chi connectivity index (χ1n) is 7.93. The van der Waals surface area contributed by atoms with Crippen LogP contribution in [0.15, 0.2) is 24.3 Å². The number of nitrogens with one attached hydrogen (secondary N) is 1. The Labute approximate surface area is 126 Å². The standard InChI is InChI=1S/C17H25NO3/c1-20-15-4-6-16(7-5-15)21-11-14(19)10-18-17-9-12-2-3-13(17)8-12/h4-7,12-14,17-19H,2-3,8-11H2,1H3. The molecule has 2 saturated carbocycles. The second kappa shape index (κ2) is 6.67. The van der Waals surface area contributed by atoms with E-state index in [1.54, 1.807) is 7.11 Å². The van der Waals surface area contributed by atoms with E-state index >= 15 is 0 Å². The molecule has 2 aliphatic carbocycles. The molecule has 2 fully saturated rings. The number of fused-ring (bicyclic) bond motifs is 2. The Kier molecular flexibility index (Phi) is 4.66. The molecule has 2 aliphatic rings. The number of aliphatic hydroxyl groups excluding tert-OH is 1. The van der Waals surface area contributed by atoms with Gasteiger partial charge in [0.15, 0.2) is 0 Å². The molecule has 0 amide bonds. The zero-order valence-electron chi connectivity index (χ0n) is 12.6. The third kappa shape index (κ3) is 3.69. The van der Waals surface area contributed by atoms with E-state index in [9.17, 15) is 5.11 Å². The highest BCUT2D eigenvalue weighted by Crippen LogP contribution is 2.44. The summed E-state index contributed by atoms with van der Waals surface area (Å²) >= 11 is 0. The van der Waals surface area contributed by atoms with Crippen molar-refractivity contribution in [2.45, 2.75) is 37.8 Å². The lowest BCUT2D eigenvalue weighted by Gasteiger charge is -2.24. The molecular weight excluding hydrogens is 266 g/mol. The van der Waals surface area contributed by atoms with Crippen LogP contribution in [0, 0.1) is 11.8 Å². The molecule has 4 heteroatoms. The summed E-state index contributed by atoms with van der Waals surface area (Å²) < 4.78 is 10.7. The number of benzene rings is 1. The minimum atomic E-state index is -0.466. The van der Waals surface area contributed by atoms with Crippen molar-refractivity contribution in [3.8, 4) is 11.5 Å². The SMILES string of the molecule is COc1ccc(OCC(O)CNC2CC3CCC2C3)cc1.